The molecule has 0 bridgehead atoms. The lowest BCUT2D eigenvalue weighted by molar-refractivity contribution is -0.129. The fraction of sp³-hybridized carbons (Fsp3) is 0.278. The molecule has 1 aliphatic rings. The van der Waals surface area contributed by atoms with Gasteiger partial charge >= 0.3 is 6.03 Å². The number of para-hydroxylation sites is 1. The van der Waals surface area contributed by atoms with E-state index >= 15 is 0 Å². The normalized spacial score (nSPS) is 14.1. The molecular formula is C18H21N5O2. The molecule has 7 nitrogen and oxygen atoms in total. The molecule has 1 aromatic carbocycles. The number of hydrogen-bond acceptors (Lipinski definition) is 4. The number of amides is 3. The molecule has 2 heterocycles. The summed E-state index contributed by atoms with van der Waals surface area (Å²) in [5.41, 5.74) is 1.71. The molecule has 3 amide bonds. The van der Waals surface area contributed by atoms with Crippen LogP contribution in [0.3, 0.4) is 0 Å². The van der Waals surface area contributed by atoms with Crippen molar-refractivity contribution in [3.05, 3.63) is 48.7 Å². The second-order valence-corrected chi connectivity index (χ2v) is 5.84. The molecule has 0 unspecified atom stereocenters. The van der Waals surface area contributed by atoms with Gasteiger partial charge in [0.15, 0.2) is 0 Å². The second-order valence-electron chi connectivity index (χ2n) is 5.84. The SMILES string of the molecule is CC(=O)N1CCN(c2ccc(NC(=O)Nc3ccccc3)nc2)CC1. The number of carbonyl (C=O) groups excluding carboxylic acids is 2. The Hall–Kier alpha value is -3.09. The summed E-state index contributed by atoms with van der Waals surface area (Å²) in [6.45, 7) is 4.59. The van der Waals surface area contributed by atoms with Gasteiger partial charge in [-0.15, -0.1) is 0 Å². The molecule has 25 heavy (non-hydrogen) atoms. The quantitative estimate of drug-likeness (QED) is 0.900. The Labute approximate surface area is 146 Å². The Morgan fingerprint density at radius 2 is 1.68 bits per heavy atom. The van der Waals surface area contributed by atoms with Gasteiger partial charge in [-0.3, -0.25) is 10.1 Å². The van der Waals surface area contributed by atoms with Crippen molar-refractivity contribution in [1.82, 2.24) is 9.88 Å². The van der Waals surface area contributed by atoms with Crippen molar-refractivity contribution < 1.29 is 9.59 Å². The predicted molar refractivity (Wildman–Crippen MR) is 97.8 cm³/mol. The zero-order valence-electron chi connectivity index (χ0n) is 14.1. The Balaban J connectivity index is 1.54. The maximum absolute atomic E-state index is 12.0. The van der Waals surface area contributed by atoms with E-state index in [0.29, 0.717) is 5.82 Å². The van der Waals surface area contributed by atoms with Crippen molar-refractivity contribution in [2.24, 2.45) is 0 Å². The average Bonchev–Trinajstić information content (AvgIpc) is 2.63. The van der Waals surface area contributed by atoms with Crippen LogP contribution in [0.5, 0.6) is 0 Å². The first-order chi connectivity index (χ1) is 12.1. The van der Waals surface area contributed by atoms with Gasteiger partial charge in [-0.05, 0) is 24.3 Å². The van der Waals surface area contributed by atoms with E-state index < -0.39 is 0 Å². The average molecular weight is 339 g/mol. The fourth-order valence-corrected chi connectivity index (χ4v) is 2.73. The number of urea groups is 1. The van der Waals surface area contributed by atoms with Gasteiger partial charge in [0.05, 0.1) is 11.9 Å². The second kappa shape index (κ2) is 7.65. The zero-order chi connectivity index (χ0) is 17.6. The van der Waals surface area contributed by atoms with Crippen molar-refractivity contribution >= 4 is 29.1 Å². The van der Waals surface area contributed by atoms with Crippen LogP contribution in [0.2, 0.25) is 0 Å². The number of hydrogen-bond donors (Lipinski definition) is 2. The maximum Gasteiger partial charge on any atom is 0.324 e. The Kier molecular flexibility index (Phi) is 5.13. The Morgan fingerprint density at radius 3 is 2.28 bits per heavy atom. The van der Waals surface area contributed by atoms with Crippen LogP contribution in [-0.2, 0) is 4.79 Å². The number of benzene rings is 1. The molecule has 7 heteroatoms. The number of nitrogens with zero attached hydrogens (tertiary/aromatic N) is 3. The van der Waals surface area contributed by atoms with Gasteiger partial charge in [0.1, 0.15) is 5.82 Å². The van der Waals surface area contributed by atoms with Crippen LogP contribution in [-0.4, -0.2) is 48.0 Å². The molecular weight excluding hydrogens is 318 g/mol. The van der Waals surface area contributed by atoms with Crippen molar-refractivity contribution in [1.29, 1.82) is 0 Å². The minimum absolute atomic E-state index is 0.113. The first-order valence-corrected chi connectivity index (χ1v) is 8.21. The minimum atomic E-state index is -0.332. The van der Waals surface area contributed by atoms with Gasteiger partial charge in [0.25, 0.3) is 0 Å². The Morgan fingerprint density at radius 1 is 0.960 bits per heavy atom. The number of rotatable bonds is 3. The van der Waals surface area contributed by atoms with Gasteiger partial charge in [-0.2, -0.15) is 0 Å². The topological polar surface area (TPSA) is 77.6 Å². The molecule has 3 rings (SSSR count). The molecule has 0 atom stereocenters. The number of pyridine rings is 1. The number of anilines is 3. The minimum Gasteiger partial charge on any atom is -0.367 e. The third-order valence-electron chi connectivity index (χ3n) is 4.11. The van der Waals surface area contributed by atoms with Gasteiger partial charge in [0.2, 0.25) is 5.91 Å². The molecule has 0 aliphatic carbocycles. The summed E-state index contributed by atoms with van der Waals surface area (Å²) in [7, 11) is 0. The van der Waals surface area contributed by atoms with Crippen molar-refractivity contribution in [2.75, 3.05) is 41.7 Å². The summed E-state index contributed by atoms with van der Waals surface area (Å²) in [5.74, 6) is 0.598. The molecule has 0 spiro atoms. The van der Waals surface area contributed by atoms with Gasteiger partial charge in [0, 0.05) is 38.8 Å². The summed E-state index contributed by atoms with van der Waals surface area (Å²) < 4.78 is 0. The third kappa shape index (κ3) is 4.47. The van der Waals surface area contributed by atoms with Crippen LogP contribution >= 0.6 is 0 Å². The van der Waals surface area contributed by atoms with Crippen LogP contribution in [0.1, 0.15) is 6.92 Å². The fourth-order valence-electron chi connectivity index (χ4n) is 2.73. The smallest absolute Gasteiger partial charge is 0.324 e. The van der Waals surface area contributed by atoms with Crippen molar-refractivity contribution in [3.8, 4) is 0 Å². The van der Waals surface area contributed by atoms with E-state index in [1.165, 1.54) is 0 Å². The Bertz CT molecular complexity index is 725. The molecule has 1 aromatic heterocycles. The molecule has 2 N–H and O–H groups in total. The van der Waals surface area contributed by atoms with Gasteiger partial charge in [-0.1, -0.05) is 18.2 Å². The van der Waals surface area contributed by atoms with Crippen LogP contribution in [0.25, 0.3) is 0 Å². The monoisotopic (exact) mass is 339 g/mol. The highest BCUT2D eigenvalue weighted by atomic mass is 16.2. The van der Waals surface area contributed by atoms with E-state index in [2.05, 4.69) is 20.5 Å². The zero-order valence-corrected chi connectivity index (χ0v) is 14.1. The predicted octanol–water partition coefficient (Wildman–Crippen LogP) is 2.39. The highest BCUT2D eigenvalue weighted by molar-refractivity contribution is 5.99. The van der Waals surface area contributed by atoms with Gasteiger partial charge in [-0.25, -0.2) is 9.78 Å². The molecule has 130 valence electrons. The molecule has 2 aromatic rings. The largest absolute Gasteiger partial charge is 0.367 e. The number of piperazine rings is 1. The van der Waals surface area contributed by atoms with Crippen LogP contribution in [0.4, 0.5) is 22.0 Å². The standard InChI is InChI=1S/C18H21N5O2/c1-14(24)22-9-11-23(12-10-22)16-7-8-17(19-13-16)21-18(25)20-15-5-3-2-4-6-15/h2-8,13H,9-12H2,1H3,(H2,19,20,21,25). The summed E-state index contributed by atoms with van der Waals surface area (Å²) >= 11 is 0. The lowest BCUT2D eigenvalue weighted by atomic mass is 10.2. The summed E-state index contributed by atoms with van der Waals surface area (Å²) in [5, 5.41) is 5.46. The van der Waals surface area contributed by atoms with E-state index in [1.54, 1.807) is 19.2 Å². The molecule has 0 radical (unpaired) electrons. The van der Waals surface area contributed by atoms with Crippen LogP contribution in [0.15, 0.2) is 48.7 Å². The molecule has 1 aliphatic heterocycles. The third-order valence-corrected chi connectivity index (χ3v) is 4.11. The number of aromatic nitrogens is 1. The number of nitrogens with one attached hydrogen (secondary N) is 2. The highest BCUT2D eigenvalue weighted by Crippen LogP contribution is 2.17. The van der Waals surface area contributed by atoms with Crippen LogP contribution < -0.4 is 15.5 Å². The van der Waals surface area contributed by atoms with E-state index in [0.717, 1.165) is 37.6 Å². The van der Waals surface area contributed by atoms with E-state index in [4.69, 9.17) is 0 Å². The van der Waals surface area contributed by atoms with E-state index in [9.17, 15) is 9.59 Å². The van der Waals surface area contributed by atoms with E-state index in [-0.39, 0.29) is 11.9 Å². The molecule has 0 saturated carbocycles. The molecule has 1 fully saturated rings. The van der Waals surface area contributed by atoms with Crippen LogP contribution in [0, 0.1) is 0 Å². The first kappa shape index (κ1) is 16.8. The lowest BCUT2D eigenvalue weighted by Crippen LogP contribution is -2.48. The van der Waals surface area contributed by atoms with Crippen molar-refractivity contribution in [3.63, 3.8) is 0 Å². The maximum atomic E-state index is 12.0. The summed E-state index contributed by atoms with van der Waals surface area (Å²) in [4.78, 5) is 31.6. The van der Waals surface area contributed by atoms with Gasteiger partial charge < -0.3 is 15.1 Å². The lowest BCUT2D eigenvalue weighted by Gasteiger charge is -2.35. The van der Waals surface area contributed by atoms with Crippen molar-refractivity contribution in [2.45, 2.75) is 6.92 Å². The highest BCUT2D eigenvalue weighted by Gasteiger charge is 2.18. The number of carbonyl (C=O) groups is 2. The summed E-state index contributed by atoms with van der Waals surface area (Å²) in [6, 6.07) is 12.6. The first-order valence-electron chi connectivity index (χ1n) is 8.21. The summed E-state index contributed by atoms with van der Waals surface area (Å²) in [6.07, 6.45) is 1.74. The van der Waals surface area contributed by atoms with E-state index in [1.807, 2.05) is 41.3 Å². The molecule has 1 saturated heterocycles.